The Hall–Kier alpha value is -1.53. The highest BCUT2D eigenvalue weighted by atomic mass is 79.9. The lowest BCUT2D eigenvalue weighted by Crippen LogP contribution is -2.14. The number of anilines is 2. The Balaban J connectivity index is 2.05. The molecule has 3 rings (SSSR count). The summed E-state index contributed by atoms with van der Waals surface area (Å²) in [6.45, 7) is 0. The third kappa shape index (κ3) is 2.91. The summed E-state index contributed by atoms with van der Waals surface area (Å²) in [6, 6.07) is 6.43. The summed E-state index contributed by atoms with van der Waals surface area (Å²) < 4.78 is 14.1. The highest BCUT2D eigenvalue weighted by Crippen LogP contribution is 2.30. The second-order valence-electron chi connectivity index (χ2n) is 4.96. The van der Waals surface area contributed by atoms with Gasteiger partial charge in [-0.2, -0.15) is 0 Å². The van der Waals surface area contributed by atoms with E-state index >= 15 is 0 Å². The van der Waals surface area contributed by atoms with E-state index in [-0.39, 0.29) is 10.8 Å². The number of nitrogens with two attached hydrogens (primary N) is 1. The molecule has 1 aromatic carbocycles. The number of halogens is 2. The maximum atomic E-state index is 13.4. The molecule has 0 unspecified atom stereocenters. The average Bonchev–Trinajstić information content (AvgIpc) is 2.89. The highest BCUT2D eigenvalue weighted by Gasteiger charge is 2.18. The topological polar surface area (TPSA) is 50.9 Å². The molecule has 6 heteroatoms. The van der Waals surface area contributed by atoms with E-state index < -0.39 is 0 Å². The molecule has 1 aliphatic rings. The van der Waals surface area contributed by atoms with Crippen LogP contribution in [0.1, 0.15) is 23.2 Å². The Labute approximate surface area is 135 Å². The standard InChI is InChI=1S/C15H13BrFN3S/c16-11-5-4-9(17)7-13(11)20-15-10(14(18)21)6-8-2-1-3-12(8)19-15/h4-7H,1-3H2,(H2,18,21)(H,19,20). The number of benzene rings is 1. The number of rotatable bonds is 3. The molecular formula is C15H13BrFN3S. The summed E-state index contributed by atoms with van der Waals surface area (Å²) in [5.41, 5.74) is 9.34. The zero-order valence-corrected chi connectivity index (χ0v) is 13.5. The molecule has 0 fully saturated rings. The van der Waals surface area contributed by atoms with Crippen molar-refractivity contribution in [3.05, 3.63) is 51.4 Å². The molecule has 0 saturated carbocycles. The van der Waals surface area contributed by atoms with Crippen LogP contribution < -0.4 is 11.1 Å². The molecule has 3 nitrogen and oxygen atoms in total. The van der Waals surface area contributed by atoms with Crippen molar-refractivity contribution in [2.75, 3.05) is 5.32 Å². The molecule has 0 radical (unpaired) electrons. The number of thiocarbonyl (C=S) groups is 1. The van der Waals surface area contributed by atoms with Crippen molar-refractivity contribution < 1.29 is 4.39 Å². The highest BCUT2D eigenvalue weighted by molar-refractivity contribution is 9.10. The lowest BCUT2D eigenvalue weighted by Gasteiger charge is -2.14. The van der Waals surface area contributed by atoms with Gasteiger partial charge in [-0.1, -0.05) is 12.2 Å². The Morgan fingerprint density at radius 1 is 1.33 bits per heavy atom. The third-order valence-electron chi connectivity index (χ3n) is 3.50. The van der Waals surface area contributed by atoms with Crippen LogP contribution in [0.2, 0.25) is 0 Å². The Morgan fingerprint density at radius 2 is 2.14 bits per heavy atom. The average molecular weight is 366 g/mol. The second-order valence-corrected chi connectivity index (χ2v) is 6.25. The van der Waals surface area contributed by atoms with Gasteiger partial charge >= 0.3 is 0 Å². The van der Waals surface area contributed by atoms with E-state index in [9.17, 15) is 4.39 Å². The van der Waals surface area contributed by atoms with Crippen molar-refractivity contribution in [1.82, 2.24) is 4.98 Å². The number of pyridine rings is 1. The Morgan fingerprint density at radius 3 is 2.90 bits per heavy atom. The summed E-state index contributed by atoms with van der Waals surface area (Å²) in [7, 11) is 0. The van der Waals surface area contributed by atoms with Crippen LogP contribution in [-0.4, -0.2) is 9.97 Å². The van der Waals surface area contributed by atoms with Crippen molar-refractivity contribution >= 4 is 44.6 Å². The molecule has 2 aromatic rings. The van der Waals surface area contributed by atoms with Crippen LogP contribution in [0, 0.1) is 5.82 Å². The lowest BCUT2D eigenvalue weighted by molar-refractivity contribution is 0.628. The van der Waals surface area contributed by atoms with E-state index in [0.717, 1.165) is 29.4 Å². The summed E-state index contributed by atoms with van der Waals surface area (Å²) in [5, 5.41) is 3.13. The first-order chi connectivity index (χ1) is 10.0. The quantitative estimate of drug-likeness (QED) is 0.811. The fraction of sp³-hybridized carbons (Fsp3) is 0.200. The van der Waals surface area contributed by atoms with Crippen LogP contribution in [0.5, 0.6) is 0 Å². The van der Waals surface area contributed by atoms with E-state index in [4.69, 9.17) is 18.0 Å². The first-order valence-corrected chi connectivity index (χ1v) is 7.79. The van der Waals surface area contributed by atoms with Gasteiger partial charge in [0, 0.05) is 10.2 Å². The summed E-state index contributed by atoms with van der Waals surface area (Å²) in [4.78, 5) is 4.90. The lowest BCUT2D eigenvalue weighted by atomic mass is 10.1. The van der Waals surface area contributed by atoms with Crippen LogP contribution >= 0.6 is 28.1 Å². The minimum absolute atomic E-state index is 0.284. The van der Waals surface area contributed by atoms with Gasteiger partial charge in [-0.05, 0) is 65.0 Å². The Kier molecular flexibility index (Phi) is 3.91. The van der Waals surface area contributed by atoms with E-state index in [2.05, 4.69) is 26.2 Å². The maximum absolute atomic E-state index is 13.4. The van der Waals surface area contributed by atoms with E-state index in [1.165, 1.54) is 17.7 Å². The smallest absolute Gasteiger partial charge is 0.140 e. The normalized spacial score (nSPS) is 13.0. The first-order valence-electron chi connectivity index (χ1n) is 6.59. The van der Waals surface area contributed by atoms with Crippen LogP contribution in [0.3, 0.4) is 0 Å². The number of hydrogen-bond acceptors (Lipinski definition) is 3. The van der Waals surface area contributed by atoms with Crippen molar-refractivity contribution in [1.29, 1.82) is 0 Å². The summed E-state index contributed by atoms with van der Waals surface area (Å²) >= 11 is 8.50. The van der Waals surface area contributed by atoms with Gasteiger partial charge in [-0.25, -0.2) is 9.37 Å². The molecule has 0 amide bonds. The van der Waals surface area contributed by atoms with Crippen molar-refractivity contribution in [2.24, 2.45) is 5.73 Å². The van der Waals surface area contributed by atoms with Crippen molar-refractivity contribution in [3.63, 3.8) is 0 Å². The molecule has 1 aliphatic carbocycles. The zero-order chi connectivity index (χ0) is 15.0. The molecule has 1 heterocycles. The van der Waals surface area contributed by atoms with Gasteiger partial charge in [-0.15, -0.1) is 0 Å². The van der Waals surface area contributed by atoms with Gasteiger partial charge in [0.1, 0.15) is 16.6 Å². The van der Waals surface area contributed by atoms with Gasteiger partial charge in [0.2, 0.25) is 0 Å². The van der Waals surface area contributed by atoms with Crippen LogP contribution in [-0.2, 0) is 12.8 Å². The largest absolute Gasteiger partial charge is 0.389 e. The SMILES string of the molecule is NC(=S)c1cc2c(nc1Nc1cc(F)ccc1Br)CCC2. The number of aryl methyl sites for hydroxylation is 2. The molecule has 1 aromatic heterocycles. The first kappa shape index (κ1) is 14.4. The molecule has 0 spiro atoms. The number of hydrogen-bond donors (Lipinski definition) is 2. The molecule has 0 atom stereocenters. The van der Waals surface area contributed by atoms with Crippen LogP contribution in [0.15, 0.2) is 28.7 Å². The van der Waals surface area contributed by atoms with E-state index in [0.29, 0.717) is 17.1 Å². The number of nitrogens with one attached hydrogen (secondary N) is 1. The molecular weight excluding hydrogens is 353 g/mol. The third-order valence-corrected chi connectivity index (χ3v) is 4.41. The molecule has 0 saturated heterocycles. The molecule has 0 bridgehead atoms. The van der Waals surface area contributed by atoms with Gasteiger partial charge in [0.25, 0.3) is 0 Å². The molecule has 0 aliphatic heterocycles. The van der Waals surface area contributed by atoms with Gasteiger partial charge in [0.15, 0.2) is 0 Å². The predicted molar refractivity (Wildman–Crippen MR) is 89.5 cm³/mol. The fourth-order valence-electron chi connectivity index (χ4n) is 2.48. The minimum atomic E-state index is -0.321. The van der Waals surface area contributed by atoms with Gasteiger partial charge in [0.05, 0.1) is 11.3 Å². The molecule has 3 N–H and O–H groups in total. The van der Waals surface area contributed by atoms with Crippen LogP contribution in [0.4, 0.5) is 15.9 Å². The molecule has 21 heavy (non-hydrogen) atoms. The summed E-state index contributed by atoms with van der Waals surface area (Å²) in [6.07, 6.45) is 3.04. The maximum Gasteiger partial charge on any atom is 0.140 e. The number of nitrogens with zero attached hydrogens (tertiary/aromatic N) is 1. The Bertz CT molecular complexity index is 733. The van der Waals surface area contributed by atoms with E-state index in [1.54, 1.807) is 6.07 Å². The predicted octanol–water partition coefficient (Wildman–Crippen LogP) is 3.85. The number of fused-ring (bicyclic) bond motifs is 1. The monoisotopic (exact) mass is 365 g/mol. The molecule has 108 valence electrons. The fourth-order valence-corrected chi connectivity index (χ4v) is 2.98. The van der Waals surface area contributed by atoms with Crippen LogP contribution in [0.25, 0.3) is 0 Å². The van der Waals surface area contributed by atoms with Gasteiger partial charge in [-0.3, -0.25) is 0 Å². The van der Waals surface area contributed by atoms with Crippen molar-refractivity contribution in [2.45, 2.75) is 19.3 Å². The number of aromatic nitrogens is 1. The van der Waals surface area contributed by atoms with Gasteiger partial charge < -0.3 is 11.1 Å². The minimum Gasteiger partial charge on any atom is -0.389 e. The summed E-state index contributed by atoms with van der Waals surface area (Å²) in [5.74, 6) is 0.258. The van der Waals surface area contributed by atoms with E-state index in [1.807, 2.05) is 6.07 Å². The van der Waals surface area contributed by atoms with Crippen molar-refractivity contribution in [3.8, 4) is 0 Å². The second kappa shape index (κ2) is 5.69. The zero-order valence-electron chi connectivity index (χ0n) is 11.1.